The second-order valence-corrected chi connectivity index (χ2v) is 5.54. The molecule has 104 valence electrons. The fourth-order valence-corrected chi connectivity index (χ4v) is 1.68. The maximum atomic E-state index is 11.3. The van der Waals surface area contributed by atoms with Crippen molar-refractivity contribution < 1.29 is 4.79 Å². The molecule has 0 saturated heterocycles. The number of amides is 1. The number of aryl methyl sites for hydroxylation is 1. The van der Waals surface area contributed by atoms with Crippen molar-refractivity contribution in [1.82, 2.24) is 10.2 Å². The Morgan fingerprint density at radius 2 is 1.89 bits per heavy atom. The van der Waals surface area contributed by atoms with Gasteiger partial charge in [0.05, 0.1) is 16.7 Å². The zero-order valence-corrected chi connectivity index (χ0v) is 12.4. The van der Waals surface area contributed by atoms with Crippen LogP contribution in [-0.2, 0) is 4.79 Å². The number of rotatable bonds is 5. The molecule has 1 amide bonds. The Morgan fingerprint density at radius 3 is 2.37 bits per heavy atom. The maximum Gasteiger partial charge on any atom is 0.224 e. The highest BCUT2D eigenvalue weighted by Gasteiger charge is 2.25. The SMILES string of the molecule is Cc1nnc(NCC(C)(C)C(N)=O)c(C(N)=S)c1C. The normalized spacial score (nSPS) is 11.2. The first-order valence-corrected chi connectivity index (χ1v) is 6.25. The van der Waals surface area contributed by atoms with Crippen LogP contribution in [0.2, 0.25) is 0 Å². The van der Waals surface area contributed by atoms with Crippen LogP contribution in [-0.4, -0.2) is 27.6 Å². The van der Waals surface area contributed by atoms with Gasteiger partial charge in [-0.15, -0.1) is 5.10 Å². The van der Waals surface area contributed by atoms with Gasteiger partial charge in [-0.25, -0.2) is 0 Å². The van der Waals surface area contributed by atoms with Crippen molar-refractivity contribution in [3.8, 4) is 0 Å². The molecule has 0 aliphatic carbocycles. The Hall–Kier alpha value is -1.76. The van der Waals surface area contributed by atoms with Gasteiger partial charge in [-0.1, -0.05) is 12.2 Å². The van der Waals surface area contributed by atoms with Gasteiger partial charge in [0.1, 0.15) is 4.99 Å². The lowest BCUT2D eigenvalue weighted by molar-refractivity contribution is -0.125. The highest BCUT2D eigenvalue weighted by Crippen LogP contribution is 2.21. The molecule has 5 N–H and O–H groups in total. The third-order valence-electron chi connectivity index (χ3n) is 3.07. The molecule has 0 aliphatic rings. The molecule has 7 heteroatoms. The molecule has 0 bridgehead atoms. The first-order chi connectivity index (χ1) is 8.66. The minimum atomic E-state index is -0.700. The summed E-state index contributed by atoms with van der Waals surface area (Å²) in [5, 5.41) is 11.1. The fourth-order valence-electron chi connectivity index (χ4n) is 1.43. The number of nitrogens with two attached hydrogens (primary N) is 2. The lowest BCUT2D eigenvalue weighted by Crippen LogP contribution is -2.38. The number of hydrogen-bond donors (Lipinski definition) is 3. The van der Waals surface area contributed by atoms with E-state index in [2.05, 4.69) is 15.5 Å². The van der Waals surface area contributed by atoms with E-state index in [0.717, 1.165) is 11.3 Å². The molecule has 0 atom stereocenters. The van der Waals surface area contributed by atoms with Crippen LogP contribution >= 0.6 is 12.2 Å². The van der Waals surface area contributed by atoms with Crippen molar-refractivity contribution in [3.63, 3.8) is 0 Å². The molecule has 1 heterocycles. The van der Waals surface area contributed by atoms with Crippen molar-refractivity contribution in [2.75, 3.05) is 11.9 Å². The van der Waals surface area contributed by atoms with E-state index in [1.165, 1.54) is 0 Å². The molecular weight excluding hydrogens is 262 g/mol. The average Bonchev–Trinajstić information content (AvgIpc) is 2.29. The van der Waals surface area contributed by atoms with Crippen LogP contribution in [0.25, 0.3) is 0 Å². The summed E-state index contributed by atoms with van der Waals surface area (Å²) in [5.74, 6) is 0.0820. The summed E-state index contributed by atoms with van der Waals surface area (Å²) < 4.78 is 0. The summed E-state index contributed by atoms with van der Waals surface area (Å²) >= 11 is 5.03. The molecule has 0 spiro atoms. The number of anilines is 1. The number of nitrogens with one attached hydrogen (secondary N) is 1. The smallest absolute Gasteiger partial charge is 0.224 e. The van der Waals surface area contributed by atoms with Gasteiger partial charge < -0.3 is 16.8 Å². The van der Waals surface area contributed by atoms with Crippen molar-refractivity contribution in [3.05, 3.63) is 16.8 Å². The van der Waals surface area contributed by atoms with E-state index in [9.17, 15) is 4.79 Å². The predicted octanol–water partition coefficient (Wildman–Crippen LogP) is 0.651. The summed E-state index contributed by atoms with van der Waals surface area (Å²) in [7, 11) is 0. The topological polar surface area (TPSA) is 107 Å². The van der Waals surface area contributed by atoms with Crippen molar-refractivity contribution >= 4 is 28.9 Å². The van der Waals surface area contributed by atoms with Crippen molar-refractivity contribution in [1.29, 1.82) is 0 Å². The molecule has 19 heavy (non-hydrogen) atoms. The molecular formula is C12H19N5OS. The van der Waals surface area contributed by atoms with Crippen LogP contribution in [0.4, 0.5) is 5.82 Å². The standard InChI is InChI=1S/C12H19N5OS/c1-6-7(2)16-17-10(8(6)9(13)19)15-5-12(3,4)11(14)18/h5H2,1-4H3,(H2,13,19)(H2,14,18)(H,15,17). The lowest BCUT2D eigenvalue weighted by Gasteiger charge is -2.22. The molecule has 0 aromatic carbocycles. The summed E-state index contributed by atoms with van der Waals surface area (Å²) in [6, 6.07) is 0. The number of carbonyl (C=O) groups is 1. The number of thiocarbonyl (C=S) groups is 1. The zero-order chi connectivity index (χ0) is 14.8. The minimum Gasteiger partial charge on any atom is -0.389 e. The highest BCUT2D eigenvalue weighted by atomic mass is 32.1. The van der Waals surface area contributed by atoms with Gasteiger partial charge in [0.15, 0.2) is 5.82 Å². The Balaban J connectivity index is 3.06. The van der Waals surface area contributed by atoms with E-state index in [1.54, 1.807) is 13.8 Å². The van der Waals surface area contributed by atoms with E-state index in [1.807, 2.05) is 13.8 Å². The van der Waals surface area contributed by atoms with Crippen LogP contribution < -0.4 is 16.8 Å². The van der Waals surface area contributed by atoms with E-state index in [-0.39, 0.29) is 4.99 Å². The van der Waals surface area contributed by atoms with Crippen LogP contribution in [0.3, 0.4) is 0 Å². The van der Waals surface area contributed by atoms with Crippen LogP contribution in [0.5, 0.6) is 0 Å². The monoisotopic (exact) mass is 281 g/mol. The predicted molar refractivity (Wildman–Crippen MR) is 78.9 cm³/mol. The van der Waals surface area contributed by atoms with Crippen molar-refractivity contribution in [2.24, 2.45) is 16.9 Å². The Kier molecular flexibility index (Phi) is 4.41. The molecule has 1 aromatic rings. The zero-order valence-electron chi connectivity index (χ0n) is 11.6. The molecule has 1 aromatic heterocycles. The van der Waals surface area contributed by atoms with Gasteiger partial charge >= 0.3 is 0 Å². The third kappa shape index (κ3) is 3.37. The van der Waals surface area contributed by atoms with Gasteiger partial charge in [-0.05, 0) is 33.3 Å². The first-order valence-electron chi connectivity index (χ1n) is 5.84. The number of nitrogens with zero attached hydrogens (tertiary/aromatic N) is 2. The quantitative estimate of drug-likeness (QED) is 0.684. The fraction of sp³-hybridized carbons (Fsp3) is 0.500. The van der Waals surface area contributed by atoms with Gasteiger partial charge in [0.25, 0.3) is 0 Å². The lowest BCUT2D eigenvalue weighted by atomic mass is 9.92. The largest absolute Gasteiger partial charge is 0.389 e. The Bertz CT molecular complexity index is 527. The van der Waals surface area contributed by atoms with Crippen LogP contribution in [0.15, 0.2) is 0 Å². The number of carbonyl (C=O) groups excluding carboxylic acids is 1. The number of aromatic nitrogens is 2. The van der Waals surface area contributed by atoms with E-state index in [4.69, 9.17) is 23.7 Å². The third-order valence-corrected chi connectivity index (χ3v) is 3.27. The second-order valence-electron chi connectivity index (χ2n) is 5.10. The van der Waals surface area contributed by atoms with Crippen LogP contribution in [0, 0.1) is 19.3 Å². The van der Waals surface area contributed by atoms with E-state index >= 15 is 0 Å². The number of primary amides is 1. The van der Waals surface area contributed by atoms with Crippen LogP contribution in [0.1, 0.15) is 30.7 Å². The maximum absolute atomic E-state index is 11.3. The minimum absolute atomic E-state index is 0.245. The molecule has 0 aliphatic heterocycles. The molecule has 6 nitrogen and oxygen atoms in total. The molecule has 1 rings (SSSR count). The second kappa shape index (κ2) is 5.48. The molecule has 0 radical (unpaired) electrons. The summed E-state index contributed by atoms with van der Waals surface area (Å²) in [6.45, 7) is 7.54. The van der Waals surface area contributed by atoms with Crippen molar-refractivity contribution in [2.45, 2.75) is 27.7 Å². The number of hydrogen-bond acceptors (Lipinski definition) is 5. The van der Waals surface area contributed by atoms with Gasteiger partial charge in [0.2, 0.25) is 5.91 Å². The highest BCUT2D eigenvalue weighted by molar-refractivity contribution is 7.80. The molecule has 0 fully saturated rings. The summed E-state index contributed by atoms with van der Waals surface area (Å²) in [4.78, 5) is 11.5. The average molecular weight is 281 g/mol. The van der Waals surface area contributed by atoms with Gasteiger partial charge in [-0.3, -0.25) is 4.79 Å². The molecule has 0 unspecified atom stereocenters. The molecule has 0 saturated carbocycles. The van der Waals surface area contributed by atoms with E-state index in [0.29, 0.717) is 17.9 Å². The van der Waals surface area contributed by atoms with Gasteiger partial charge in [-0.2, -0.15) is 5.10 Å². The Morgan fingerprint density at radius 1 is 1.32 bits per heavy atom. The summed E-state index contributed by atoms with van der Waals surface area (Å²) in [6.07, 6.45) is 0. The Labute approximate surface area is 118 Å². The first kappa shape index (κ1) is 15.3. The summed E-state index contributed by atoms with van der Waals surface area (Å²) in [5.41, 5.74) is 12.6. The van der Waals surface area contributed by atoms with Gasteiger partial charge in [0, 0.05) is 6.54 Å². The van der Waals surface area contributed by atoms with E-state index < -0.39 is 11.3 Å².